The lowest BCUT2D eigenvalue weighted by Gasteiger charge is -2.16. The first kappa shape index (κ1) is 24.2. The summed E-state index contributed by atoms with van der Waals surface area (Å²) in [6, 6.07) is 11.3. The van der Waals surface area contributed by atoms with Gasteiger partial charge in [-0.05, 0) is 38.1 Å². The summed E-state index contributed by atoms with van der Waals surface area (Å²) >= 11 is 0. The molecule has 37 heavy (non-hydrogen) atoms. The van der Waals surface area contributed by atoms with Crippen LogP contribution in [0.4, 0.5) is 10.2 Å². The van der Waals surface area contributed by atoms with Gasteiger partial charge in [0.05, 0.1) is 35.8 Å². The number of rotatable bonds is 8. The Morgan fingerprint density at radius 3 is 2.51 bits per heavy atom. The number of nitrogen functional groups attached to an aromatic ring is 1. The molecular formula is C26H26FN7O3. The van der Waals surface area contributed by atoms with Crippen molar-refractivity contribution in [2.24, 2.45) is 7.05 Å². The van der Waals surface area contributed by atoms with Crippen LogP contribution in [0.2, 0.25) is 0 Å². The number of nitrogens with two attached hydrogens (primary N) is 1. The number of aryl methyl sites for hydroxylation is 1. The molecule has 0 aliphatic rings. The molecule has 0 fully saturated rings. The largest absolute Gasteiger partial charge is 0.487 e. The Kier molecular flexibility index (Phi) is 6.22. The van der Waals surface area contributed by atoms with Gasteiger partial charge >= 0.3 is 0 Å². The molecule has 0 unspecified atom stereocenters. The van der Waals surface area contributed by atoms with E-state index in [2.05, 4.69) is 20.1 Å². The van der Waals surface area contributed by atoms with Crippen LogP contribution in [0.3, 0.4) is 0 Å². The molecule has 3 N–H and O–H groups in total. The van der Waals surface area contributed by atoms with Gasteiger partial charge in [0.1, 0.15) is 47.5 Å². The van der Waals surface area contributed by atoms with E-state index in [0.29, 0.717) is 39.8 Å². The first-order valence-electron chi connectivity index (χ1n) is 11.5. The highest BCUT2D eigenvalue weighted by atomic mass is 19.1. The molecule has 190 valence electrons. The Labute approximate surface area is 212 Å². The van der Waals surface area contributed by atoms with Crippen LogP contribution in [-0.4, -0.2) is 40.0 Å². The quantitative estimate of drug-likeness (QED) is 0.324. The van der Waals surface area contributed by atoms with Crippen LogP contribution < -0.4 is 15.2 Å². The van der Waals surface area contributed by atoms with Crippen molar-refractivity contribution in [1.82, 2.24) is 29.3 Å². The van der Waals surface area contributed by atoms with Crippen LogP contribution in [0.15, 0.2) is 61.3 Å². The SMILES string of the molecule is Cn1cncc1COc1cc(F)cc(Oc2ccc(-c3nn(CC(C)(C)O)c4ncnc(N)c34)cc2)c1. The first-order chi connectivity index (χ1) is 17.7. The topological polar surface area (TPSA) is 126 Å². The molecule has 0 amide bonds. The summed E-state index contributed by atoms with van der Waals surface area (Å²) in [5.74, 6) is 0.947. The number of hydrogen-bond acceptors (Lipinski definition) is 8. The second-order valence-electron chi connectivity index (χ2n) is 9.31. The monoisotopic (exact) mass is 503 g/mol. The molecule has 0 aliphatic heterocycles. The van der Waals surface area contributed by atoms with Crippen LogP contribution in [0.25, 0.3) is 22.3 Å². The van der Waals surface area contributed by atoms with E-state index < -0.39 is 11.4 Å². The Hall–Kier alpha value is -4.51. The van der Waals surface area contributed by atoms with Crippen molar-refractivity contribution < 1.29 is 19.0 Å². The number of fused-ring (bicyclic) bond motifs is 1. The zero-order valence-electron chi connectivity index (χ0n) is 20.6. The van der Waals surface area contributed by atoms with E-state index in [4.69, 9.17) is 15.2 Å². The van der Waals surface area contributed by atoms with Gasteiger partial charge in [0, 0.05) is 30.8 Å². The van der Waals surface area contributed by atoms with Gasteiger partial charge in [0.25, 0.3) is 0 Å². The summed E-state index contributed by atoms with van der Waals surface area (Å²) in [6.45, 7) is 3.86. The molecule has 0 radical (unpaired) electrons. The summed E-state index contributed by atoms with van der Waals surface area (Å²) in [4.78, 5) is 12.5. The van der Waals surface area contributed by atoms with E-state index >= 15 is 0 Å². The predicted molar refractivity (Wildman–Crippen MR) is 135 cm³/mol. The van der Waals surface area contributed by atoms with Gasteiger partial charge in [-0.25, -0.2) is 24.0 Å². The number of hydrogen-bond donors (Lipinski definition) is 2. The standard InChI is InChI=1S/C26H26FN7O3/c1-26(2,35)13-34-25-22(24(28)30-14-31-25)23(32-34)16-4-6-19(7-5-16)37-21-9-17(27)8-20(10-21)36-12-18-11-29-15-33(18)3/h4-11,14-15,35H,12-13H2,1-3H3,(H2,28,30,31). The number of anilines is 1. The minimum absolute atomic E-state index is 0.228. The van der Waals surface area contributed by atoms with Crippen molar-refractivity contribution in [3.05, 3.63) is 72.8 Å². The van der Waals surface area contributed by atoms with E-state index in [1.165, 1.54) is 18.5 Å². The van der Waals surface area contributed by atoms with Gasteiger partial charge in [-0.15, -0.1) is 0 Å². The number of aromatic nitrogens is 6. The maximum atomic E-state index is 14.2. The number of aliphatic hydroxyl groups is 1. The summed E-state index contributed by atoms with van der Waals surface area (Å²) < 4.78 is 29.3. The molecule has 10 nitrogen and oxygen atoms in total. The Morgan fingerprint density at radius 1 is 1.05 bits per heavy atom. The highest BCUT2D eigenvalue weighted by Crippen LogP contribution is 2.33. The van der Waals surface area contributed by atoms with E-state index in [1.54, 1.807) is 49.3 Å². The highest BCUT2D eigenvalue weighted by Gasteiger charge is 2.21. The van der Waals surface area contributed by atoms with Crippen molar-refractivity contribution >= 4 is 16.9 Å². The molecule has 5 aromatic rings. The minimum atomic E-state index is -1.00. The third-order valence-corrected chi connectivity index (χ3v) is 5.61. The van der Waals surface area contributed by atoms with Crippen molar-refractivity contribution in [1.29, 1.82) is 0 Å². The molecule has 0 saturated heterocycles. The number of ether oxygens (including phenoxy) is 2. The first-order valence-corrected chi connectivity index (χ1v) is 11.5. The lowest BCUT2D eigenvalue weighted by molar-refractivity contribution is 0.0590. The van der Waals surface area contributed by atoms with E-state index in [-0.39, 0.29) is 13.2 Å². The van der Waals surface area contributed by atoms with E-state index in [1.807, 2.05) is 23.7 Å². The fraction of sp³-hybridized carbons (Fsp3) is 0.231. The maximum Gasteiger partial charge on any atom is 0.164 e. The van der Waals surface area contributed by atoms with Gasteiger partial charge in [0.15, 0.2) is 5.65 Å². The van der Waals surface area contributed by atoms with Crippen LogP contribution in [0.5, 0.6) is 17.2 Å². The van der Waals surface area contributed by atoms with Crippen molar-refractivity contribution in [3.63, 3.8) is 0 Å². The lowest BCUT2D eigenvalue weighted by Crippen LogP contribution is -2.26. The minimum Gasteiger partial charge on any atom is -0.487 e. The summed E-state index contributed by atoms with van der Waals surface area (Å²) in [5.41, 5.74) is 7.88. The molecule has 2 aromatic carbocycles. The van der Waals surface area contributed by atoms with Crippen molar-refractivity contribution in [2.75, 3.05) is 5.73 Å². The molecule has 5 rings (SSSR count). The normalized spacial score (nSPS) is 11.7. The predicted octanol–water partition coefficient (Wildman–Crippen LogP) is 4.09. The molecule has 0 atom stereocenters. The number of imidazole rings is 1. The summed E-state index contributed by atoms with van der Waals surface area (Å²) in [6.07, 6.45) is 4.73. The van der Waals surface area contributed by atoms with E-state index in [0.717, 1.165) is 11.3 Å². The maximum absolute atomic E-state index is 14.2. The third kappa shape index (κ3) is 5.36. The molecule has 3 aromatic heterocycles. The number of halogens is 1. The Morgan fingerprint density at radius 2 is 1.81 bits per heavy atom. The molecule has 0 saturated carbocycles. The van der Waals surface area contributed by atoms with Crippen molar-refractivity contribution in [2.45, 2.75) is 32.6 Å². The lowest BCUT2D eigenvalue weighted by atomic mass is 10.1. The van der Waals surface area contributed by atoms with Crippen LogP contribution >= 0.6 is 0 Å². The zero-order valence-corrected chi connectivity index (χ0v) is 20.6. The average molecular weight is 504 g/mol. The Bertz CT molecular complexity index is 1560. The van der Waals surface area contributed by atoms with Gasteiger partial charge in [-0.1, -0.05) is 0 Å². The molecule has 0 aliphatic carbocycles. The van der Waals surface area contributed by atoms with Gasteiger partial charge in [-0.2, -0.15) is 5.10 Å². The second-order valence-corrected chi connectivity index (χ2v) is 9.31. The van der Waals surface area contributed by atoms with E-state index in [9.17, 15) is 9.50 Å². The van der Waals surface area contributed by atoms with Gasteiger partial charge in [-0.3, -0.25) is 0 Å². The Balaban J connectivity index is 1.38. The number of benzene rings is 2. The highest BCUT2D eigenvalue weighted by molar-refractivity contribution is 5.98. The number of nitrogens with zero attached hydrogens (tertiary/aromatic N) is 6. The summed E-state index contributed by atoms with van der Waals surface area (Å²) in [7, 11) is 1.86. The molecule has 3 heterocycles. The van der Waals surface area contributed by atoms with Crippen molar-refractivity contribution in [3.8, 4) is 28.5 Å². The molecule has 0 spiro atoms. The van der Waals surface area contributed by atoms with Crippen LogP contribution in [0, 0.1) is 5.82 Å². The molecular weight excluding hydrogens is 477 g/mol. The smallest absolute Gasteiger partial charge is 0.164 e. The average Bonchev–Trinajstić information content (AvgIpc) is 3.41. The molecule has 0 bridgehead atoms. The summed E-state index contributed by atoms with van der Waals surface area (Å²) in [5, 5.41) is 15.5. The fourth-order valence-corrected chi connectivity index (χ4v) is 3.89. The second kappa shape index (κ2) is 9.51. The fourth-order valence-electron chi connectivity index (χ4n) is 3.89. The zero-order chi connectivity index (χ0) is 26.2. The third-order valence-electron chi connectivity index (χ3n) is 5.61. The molecule has 11 heteroatoms. The van der Waals surface area contributed by atoms with Crippen LogP contribution in [-0.2, 0) is 20.2 Å². The van der Waals surface area contributed by atoms with Gasteiger partial charge < -0.3 is 24.9 Å². The van der Waals surface area contributed by atoms with Crippen LogP contribution in [0.1, 0.15) is 19.5 Å². The van der Waals surface area contributed by atoms with Gasteiger partial charge in [0.2, 0.25) is 0 Å².